The molecular formula is C26H27F5N6O3. The summed E-state index contributed by atoms with van der Waals surface area (Å²) in [6.07, 6.45) is -13.8. The van der Waals surface area contributed by atoms with Crippen molar-refractivity contribution in [2.24, 2.45) is 0 Å². The van der Waals surface area contributed by atoms with Crippen molar-refractivity contribution in [3.8, 4) is 0 Å². The molecule has 0 spiro atoms. The van der Waals surface area contributed by atoms with Gasteiger partial charge in [0.15, 0.2) is 17.3 Å². The molecule has 0 saturated carbocycles. The van der Waals surface area contributed by atoms with Crippen LogP contribution in [-0.4, -0.2) is 74.5 Å². The third-order valence-corrected chi connectivity index (χ3v) is 6.07. The molecule has 2 aliphatic rings. The monoisotopic (exact) mass is 577 g/mol. The summed E-state index contributed by atoms with van der Waals surface area (Å²) >= 11 is 0. The number of benzene rings is 1. The summed E-state index contributed by atoms with van der Waals surface area (Å²) in [5.41, 5.74) is -2.91. The van der Waals surface area contributed by atoms with Gasteiger partial charge in [0.1, 0.15) is 12.6 Å². The van der Waals surface area contributed by atoms with Crippen LogP contribution < -0.4 is 11.0 Å². The average Bonchev–Trinajstić information content (AvgIpc) is 3.31. The Kier molecular flexibility index (Phi) is 4.62. The Balaban J connectivity index is 1.59. The van der Waals surface area contributed by atoms with Gasteiger partial charge in [0.2, 0.25) is 5.91 Å². The Morgan fingerprint density at radius 3 is 2.62 bits per heavy atom. The number of aromatic amines is 1. The molecule has 2 N–H and O–H groups in total. The maximum atomic E-state index is 14.8. The third kappa shape index (κ3) is 5.65. The van der Waals surface area contributed by atoms with Gasteiger partial charge in [0.25, 0.3) is 0 Å². The van der Waals surface area contributed by atoms with E-state index in [2.05, 4.69) is 9.97 Å². The zero-order chi connectivity index (χ0) is 38.5. The van der Waals surface area contributed by atoms with Crippen LogP contribution in [0.2, 0.25) is 0 Å². The number of likely N-dealkylation sites (tertiary alicyclic amines) is 2. The Morgan fingerprint density at radius 2 is 1.90 bits per heavy atom. The predicted octanol–water partition coefficient (Wildman–Crippen LogP) is 3.69. The summed E-state index contributed by atoms with van der Waals surface area (Å²) in [6, 6.07) is -3.49. The van der Waals surface area contributed by atoms with Gasteiger partial charge in [-0.25, -0.2) is 23.4 Å². The normalized spacial score (nSPS) is 32.2. The Hall–Kier alpha value is -3.97. The van der Waals surface area contributed by atoms with Crippen molar-refractivity contribution < 1.29 is 46.6 Å². The lowest BCUT2D eigenvalue weighted by Crippen LogP contribution is -2.54. The zero-order valence-electron chi connectivity index (χ0n) is 31.1. The van der Waals surface area contributed by atoms with Crippen LogP contribution in [0.5, 0.6) is 0 Å². The second-order valence-electron chi connectivity index (χ2n) is 8.74. The summed E-state index contributed by atoms with van der Waals surface area (Å²) in [4.78, 5) is 45.2. The molecule has 2 aliphatic heterocycles. The quantitative estimate of drug-likeness (QED) is 0.462. The van der Waals surface area contributed by atoms with Gasteiger partial charge in [-0.15, -0.1) is 0 Å². The number of urea groups is 1. The number of hydrogen-bond donors (Lipinski definition) is 2. The van der Waals surface area contributed by atoms with E-state index in [1.807, 2.05) is 0 Å². The van der Waals surface area contributed by atoms with Crippen LogP contribution in [0, 0.1) is 11.6 Å². The minimum absolute atomic E-state index is 0.109. The van der Waals surface area contributed by atoms with Crippen molar-refractivity contribution >= 4 is 23.1 Å². The number of pyridine rings is 1. The molecule has 2 aromatic heterocycles. The molecule has 40 heavy (non-hydrogen) atoms. The molecular weight excluding hydrogens is 539 g/mol. The van der Waals surface area contributed by atoms with E-state index in [1.54, 1.807) is 5.32 Å². The zero-order valence-corrected chi connectivity index (χ0v) is 20.1. The molecule has 2 atom stereocenters. The molecule has 0 bridgehead atoms. The minimum Gasteiger partial charge on any atom is -0.331 e. The molecule has 4 heterocycles. The first kappa shape index (κ1) is 17.0. The number of aromatic nitrogens is 3. The van der Waals surface area contributed by atoms with E-state index >= 15 is 0 Å². The molecule has 9 nitrogen and oxygen atoms in total. The number of halogens is 5. The van der Waals surface area contributed by atoms with Crippen LogP contribution in [-0.2, 0) is 4.79 Å². The van der Waals surface area contributed by atoms with Gasteiger partial charge in [-0.1, -0.05) is 12.1 Å². The van der Waals surface area contributed by atoms with Crippen LogP contribution in [0.4, 0.5) is 26.7 Å². The van der Waals surface area contributed by atoms with Gasteiger partial charge in [-0.05, 0) is 49.4 Å². The first-order chi connectivity index (χ1) is 23.2. The highest BCUT2D eigenvalue weighted by atomic mass is 19.4. The number of hydrogen-bond acceptors (Lipinski definition) is 4. The Labute approximate surface area is 240 Å². The highest BCUT2D eigenvalue weighted by Gasteiger charge is 2.40. The van der Waals surface area contributed by atoms with Gasteiger partial charge in [0.05, 0.1) is 9.63 Å². The minimum atomic E-state index is -5.30. The molecule has 0 unspecified atom stereocenters. The second kappa shape index (κ2) is 10.9. The smallest absolute Gasteiger partial charge is 0.331 e. The van der Waals surface area contributed by atoms with Crippen molar-refractivity contribution in [3.05, 3.63) is 64.2 Å². The molecule has 0 radical (unpaired) electrons. The van der Waals surface area contributed by atoms with E-state index < -0.39 is 126 Å². The van der Waals surface area contributed by atoms with Gasteiger partial charge < -0.3 is 15.1 Å². The van der Waals surface area contributed by atoms with Gasteiger partial charge in [0, 0.05) is 48.6 Å². The maximum Gasteiger partial charge on any atom is 0.406 e. The first-order valence-electron chi connectivity index (χ1n) is 17.2. The van der Waals surface area contributed by atoms with Crippen LogP contribution in [0.15, 0.2) is 41.3 Å². The van der Waals surface area contributed by atoms with Crippen LogP contribution >= 0.6 is 0 Å². The number of alkyl halides is 3. The lowest BCUT2D eigenvalue weighted by atomic mass is 9.93. The summed E-state index contributed by atoms with van der Waals surface area (Å²) in [5, 5.41) is 1.75. The van der Waals surface area contributed by atoms with Gasteiger partial charge in [-0.3, -0.25) is 14.3 Å². The molecule has 2 saturated heterocycles. The van der Waals surface area contributed by atoms with Gasteiger partial charge >= 0.3 is 17.9 Å². The number of amides is 3. The van der Waals surface area contributed by atoms with Crippen LogP contribution in [0.3, 0.4) is 0 Å². The number of nitrogens with zero attached hydrogens (tertiary/aromatic N) is 4. The summed E-state index contributed by atoms with van der Waals surface area (Å²) in [6.45, 7) is -13.9. The number of carbonyl (C=O) groups excluding carboxylic acids is 2. The lowest BCUT2D eigenvalue weighted by molar-refractivity contribution is -0.162. The fourth-order valence-electron chi connectivity index (χ4n) is 4.28. The van der Waals surface area contributed by atoms with Crippen LogP contribution in [0.25, 0.3) is 11.2 Å². The molecule has 3 aromatic rings. The van der Waals surface area contributed by atoms with Crippen molar-refractivity contribution in [2.45, 2.75) is 49.7 Å². The maximum absolute atomic E-state index is 14.8. The number of fused-ring (bicyclic) bond motifs is 1. The Bertz CT molecular complexity index is 1930. The third-order valence-electron chi connectivity index (χ3n) is 6.07. The van der Waals surface area contributed by atoms with E-state index in [9.17, 15) is 36.3 Å². The lowest BCUT2D eigenvalue weighted by Gasteiger charge is -2.34. The number of piperidine rings is 1. The molecule has 5 rings (SSSR count). The van der Waals surface area contributed by atoms with E-state index in [0.717, 1.165) is 18.2 Å². The molecule has 0 aliphatic carbocycles. The van der Waals surface area contributed by atoms with Crippen molar-refractivity contribution in [2.75, 3.05) is 26.0 Å². The van der Waals surface area contributed by atoms with E-state index in [0.29, 0.717) is 6.07 Å². The number of rotatable bonds is 4. The number of nitrogens with one attached hydrogen (secondary N) is 2. The van der Waals surface area contributed by atoms with Gasteiger partial charge in [-0.2, -0.15) is 13.2 Å². The summed E-state index contributed by atoms with van der Waals surface area (Å²) in [7, 11) is 0. The average molecular weight is 578 g/mol. The van der Waals surface area contributed by atoms with Crippen molar-refractivity contribution in [3.63, 3.8) is 0 Å². The molecule has 2 fully saturated rings. The van der Waals surface area contributed by atoms with E-state index in [1.165, 1.54) is 12.3 Å². The molecule has 14 heteroatoms. The van der Waals surface area contributed by atoms with E-state index in [-0.39, 0.29) is 10.2 Å². The number of H-pyrrole nitrogens is 1. The fourth-order valence-corrected chi connectivity index (χ4v) is 4.28. The highest BCUT2D eigenvalue weighted by molar-refractivity contribution is 5.87. The highest BCUT2D eigenvalue weighted by Crippen LogP contribution is 2.32. The SMILES string of the molecule is [2H]C1([2H])[C@H](c2cccc(F)c2F)CC[C@@H](NC(=O)N2C([2H])([2H])C([2H])([2H])C([2H])(n3c(=O)[nH]c4ncccc43)C([2H])([2H])C2([2H])[2H])C(=O)N1CC(F)(F)F. The molecule has 214 valence electrons. The summed E-state index contributed by atoms with van der Waals surface area (Å²) in [5.74, 6) is -6.91. The van der Waals surface area contributed by atoms with Crippen molar-refractivity contribution in [1.29, 1.82) is 0 Å². The van der Waals surface area contributed by atoms with E-state index in [4.69, 9.17) is 15.1 Å². The fraction of sp³-hybridized carbons (Fsp3) is 0.462. The number of imidazole rings is 1. The second-order valence-corrected chi connectivity index (χ2v) is 8.74. The van der Waals surface area contributed by atoms with Crippen molar-refractivity contribution in [1.82, 2.24) is 29.7 Å². The largest absolute Gasteiger partial charge is 0.406 e. The predicted molar refractivity (Wildman–Crippen MR) is 133 cm³/mol. The molecule has 3 amide bonds. The standard InChI is InChI=1S/C26H27F5N6O3/c27-18-4-1-3-17(21(18)28)15-6-7-19(23(38)36(13-15)14-26(29,30)31)33-24(39)35-11-8-16(9-12-35)37-20-5-2-10-32-22(20)34-25(37)40/h1-5,10,15-16,19H,6-9,11-14H2,(H,33,39)(H,32,34,40)/t15-,19-/m1/s1/i8D2,9D2,11D2,12D2,13D2,16D. The summed E-state index contributed by atoms with van der Waals surface area (Å²) < 4.78 is 165. The first-order valence-corrected chi connectivity index (χ1v) is 11.7. The van der Waals surface area contributed by atoms with Crippen LogP contribution in [0.1, 0.15) is 58.2 Å². The molecule has 1 aromatic carbocycles. The topological polar surface area (TPSA) is 103 Å². The number of carbonyl (C=O) groups is 2. The Morgan fingerprint density at radius 1 is 1.15 bits per heavy atom.